The van der Waals surface area contributed by atoms with Crippen LogP contribution in [-0.4, -0.2) is 50.1 Å². The molecule has 2 aliphatic rings. The van der Waals surface area contributed by atoms with Gasteiger partial charge in [0.25, 0.3) is 0 Å². The van der Waals surface area contributed by atoms with Gasteiger partial charge in [0.2, 0.25) is 6.79 Å². The number of amides is 1. The van der Waals surface area contributed by atoms with Crippen LogP contribution in [0.15, 0.2) is 18.2 Å². The summed E-state index contributed by atoms with van der Waals surface area (Å²) in [5.74, 6) is 1.19. The highest BCUT2D eigenvalue weighted by molar-refractivity contribution is 5.68. The SMILES string of the molecule is CC(=O)OCC1(COC(=O)N(C)C(C)Cc2ccc3c(c2)OCO3)CCCCC1. The Bertz CT molecular complexity index is 728. The van der Waals surface area contributed by atoms with E-state index in [-0.39, 0.29) is 36.9 Å². The van der Waals surface area contributed by atoms with Gasteiger partial charge in [0.05, 0.1) is 0 Å². The topological polar surface area (TPSA) is 74.3 Å². The summed E-state index contributed by atoms with van der Waals surface area (Å²) in [7, 11) is 1.75. The maximum absolute atomic E-state index is 12.6. The van der Waals surface area contributed by atoms with Gasteiger partial charge in [-0.1, -0.05) is 25.3 Å². The molecule has 160 valence electrons. The molecule has 0 saturated heterocycles. The van der Waals surface area contributed by atoms with Crippen molar-refractivity contribution in [2.24, 2.45) is 5.41 Å². The number of fused-ring (bicyclic) bond motifs is 1. The van der Waals surface area contributed by atoms with E-state index >= 15 is 0 Å². The first-order valence-electron chi connectivity index (χ1n) is 10.3. The minimum Gasteiger partial charge on any atom is -0.465 e. The molecule has 0 bridgehead atoms. The van der Waals surface area contributed by atoms with Gasteiger partial charge >= 0.3 is 12.1 Å². The number of hydrogen-bond donors (Lipinski definition) is 0. The number of likely N-dealkylation sites (N-methyl/N-ethyl adjacent to an activating group) is 1. The molecule has 1 fully saturated rings. The number of carbonyl (C=O) groups is 2. The zero-order valence-corrected chi connectivity index (χ0v) is 17.6. The van der Waals surface area contributed by atoms with Crippen molar-refractivity contribution < 1.29 is 28.5 Å². The lowest BCUT2D eigenvalue weighted by atomic mass is 9.75. The second-order valence-electron chi connectivity index (χ2n) is 8.25. The molecule has 1 atom stereocenters. The molecule has 1 heterocycles. The molecule has 1 aliphatic carbocycles. The maximum atomic E-state index is 12.6. The van der Waals surface area contributed by atoms with E-state index < -0.39 is 0 Å². The fourth-order valence-electron chi connectivity index (χ4n) is 3.93. The number of esters is 1. The van der Waals surface area contributed by atoms with Gasteiger partial charge in [-0.25, -0.2) is 4.79 Å². The smallest absolute Gasteiger partial charge is 0.409 e. The van der Waals surface area contributed by atoms with Crippen molar-refractivity contribution in [2.75, 3.05) is 27.1 Å². The summed E-state index contributed by atoms with van der Waals surface area (Å²) in [6.45, 7) is 4.23. The molecule has 1 amide bonds. The monoisotopic (exact) mass is 405 g/mol. The van der Waals surface area contributed by atoms with Crippen LogP contribution < -0.4 is 9.47 Å². The Morgan fingerprint density at radius 2 is 1.79 bits per heavy atom. The number of rotatable bonds is 7. The predicted octanol–water partition coefficient (Wildman–Crippen LogP) is 3.93. The van der Waals surface area contributed by atoms with Crippen LogP contribution in [0.3, 0.4) is 0 Å². The van der Waals surface area contributed by atoms with E-state index in [4.69, 9.17) is 18.9 Å². The predicted molar refractivity (Wildman–Crippen MR) is 107 cm³/mol. The Balaban J connectivity index is 1.53. The zero-order chi connectivity index (χ0) is 20.9. The molecule has 1 aromatic rings. The first-order chi connectivity index (χ1) is 13.9. The first kappa shape index (κ1) is 21.3. The van der Waals surface area contributed by atoms with E-state index in [1.54, 1.807) is 11.9 Å². The Kier molecular flexibility index (Phi) is 6.87. The van der Waals surface area contributed by atoms with Gasteiger partial charge in [-0.15, -0.1) is 0 Å². The maximum Gasteiger partial charge on any atom is 0.409 e. The van der Waals surface area contributed by atoms with Crippen molar-refractivity contribution in [3.05, 3.63) is 23.8 Å². The molecule has 1 saturated carbocycles. The molecular weight excluding hydrogens is 374 g/mol. The van der Waals surface area contributed by atoms with Gasteiger partial charge < -0.3 is 23.8 Å². The van der Waals surface area contributed by atoms with Crippen molar-refractivity contribution in [1.29, 1.82) is 0 Å². The summed E-state index contributed by atoms with van der Waals surface area (Å²) < 4.78 is 21.7. The van der Waals surface area contributed by atoms with Crippen molar-refractivity contribution in [2.45, 2.75) is 58.4 Å². The van der Waals surface area contributed by atoms with E-state index in [2.05, 4.69) is 0 Å². The van der Waals surface area contributed by atoms with E-state index in [9.17, 15) is 9.59 Å². The van der Waals surface area contributed by atoms with Gasteiger partial charge in [0, 0.05) is 25.4 Å². The summed E-state index contributed by atoms with van der Waals surface area (Å²) in [6.07, 6.45) is 5.44. The van der Waals surface area contributed by atoms with Crippen LogP contribution in [0.5, 0.6) is 11.5 Å². The van der Waals surface area contributed by atoms with E-state index in [1.165, 1.54) is 13.3 Å². The molecule has 0 N–H and O–H groups in total. The van der Waals surface area contributed by atoms with Gasteiger partial charge in [-0.3, -0.25) is 4.79 Å². The van der Waals surface area contributed by atoms with Crippen molar-refractivity contribution in [1.82, 2.24) is 4.90 Å². The number of ether oxygens (including phenoxy) is 4. The highest BCUT2D eigenvalue weighted by atomic mass is 16.7. The summed E-state index contributed by atoms with van der Waals surface area (Å²) in [5, 5.41) is 0. The minimum atomic E-state index is -0.356. The van der Waals surface area contributed by atoms with Crippen molar-refractivity contribution >= 4 is 12.1 Å². The Morgan fingerprint density at radius 3 is 2.52 bits per heavy atom. The van der Waals surface area contributed by atoms with Crippen LogP contribution in [0.4, 0.5) is 4.79 Å². The first-order valence-corrected chi connectivity index (χ1v) is 10.3. The highest BCUT2D eigenvalue weighted by Gasteiger charge is 2.35. The van der Waals surface area contributed by atoms with Crippen LogP contribution >= 0.6 is 0 Å². The lowest BCUT2D eigenvalue weighted by molar-refractivity contribution is -0.146. The molecule has 0 spiro atoms. The molecule has 1 unspecified atom stereocenters. The summed E-state index contributed by atoms with van der Waals surface area (Å²) in [5.41, 5.74) is 0.807. The van der Waals surface area contributed by atoms with Crippen LogP contribution in [0.1, 0.15) is 51.5 Å². The summed E-state index contributed by atoms with van der Waals surface area (Å²) in [6, 6.07) is 5.79. The molecule has 3 rings (SSSR count). The minimum absolute atomic E-state index is 0.0429. The Labute approximate surface area is 172 Å². The Morgan fingerprint density at radius 1 is 1.10 bits per heavy atom. The molecule has 0 aromatic heterocycles. The number of hydrogen-bond acceptors (Lipinski definition) is 6. The number of benzene rings is 1. The summed E-state index contributed by atoms with van der Waals surface area (Å²) >= 11 is 0. The molecule has 1 aliphatic heterocycles. The van der Waals surface area contributed by atoms with Crippen LogP contribution in [-0.2, 0) is 20.7 Å². The standard InChI is InChI=1S/C22H31NO6/c1-16(11-18-7-8-19-20(12-18)29-15-28-19)23(3)21(25)27-14-22(13-26-17(2)24)9-5-4-6-10-22/h7-8,12,16H,4-6,9-11,13-15H2,1-3H3. The quantitative estimate of drug-likeness (QED) is 0.640. The van der Waals surface area contributed by atoms with Crippen LogP contribution in [0.25, 0.3) is 0 Å². The lowest BCUT2D eigenvalue weighted by Crippen LogP contribution is -2.41. The van der Waals surface area contributed by atoms with Crippen LogP contribution in [0.2, 0.25) is 0 Å². The average Bonchev–Trinajstić information content (AvgIpc) is 3.18. The average molecular weight is 405 g/mol. The third-order valence-electron chi connectivity index (χ3n) is 5.91. The van der Waals surface area contributed by atoms with E-state index in [0.29, 0.717) is 13.0 Å². The van der Waals surface area contributed by atoms with Gasteiger partial charge in [0.1, 0.15) is 13.2 Å². The largest absolute Gasteiger partial charge is 0.465 e. The van der Waals surface area contributed by atoms with Gasteiger partial charge in [0.15, 0.2) is 11.5 Å². The van der Waals surface area contributed by atoms with Crippen molar-refractivity contribution in [3.8, 4) is 11.5 Å². The number of carbonyl (C=O) groups excluding carboxylic acids is 2. The molecule has 7 nitrogen and oxygen atoms in total. The highest BCUT2D eigenvalue weighted by Crippen LogP contribution is 2.37. The van der Waals surface area contributed by atoms with Gasteiger partial charge in [-0.05, 0) is 43.9 Å². The fourth-order valence-corrected chi connectivity index (χ4v) is 3.93. The zero-order valence-electron chi connectivity index (χ0n) is 17.6. The van der Waals surface area contributed by atoms with E-state index in [1.807, 2.05) is 25.1 Å². The molecule has 29 heavy (non-hydrogen) atoms. The van der Waals surface area contributed by atoms with Crippen LogP contribution in [0, 0.1) is 5.41 Å². The van der Waals surface area contributed by atoms with E-state index in [0.717, 1.165) is 42.7 Å². The Hall–Kier alpha value is -2.44. The molecule has 1 aromatic carbocycles. The second-order valence-corrected chi connectivity index (χ2v) is 8.25. The van der Waals surface area contributed by atoms with Crippen molar-refractivity contribution in [3.63, 3.8) is 0 Å². The third kappa shape index (κ3) is 5.55. The summed E-state index contributed by atoms with van der Waals surface area (Å²) in [4.78, 5) is 25.5. The molecule has 0 radical (unpaired) electrons. The van der Waals surface area contributed by atoms with Gasteiger partial charge in [-0.2, -0.15) is 0 Å². The third-order valence-corrected chi connectivity index (χ3v) is 5.91. The lowest BCUT2D eigenvalue weighted by Gasteiger charge is -2.36. The number of nitrogens with zero attached hydrogens (tertiary/aromatic N) is 1. The normalized spacial score (nSPS) is 18.0. The molecular formula is C22H31NO6. The second kappa shape index (κ2) is 9.37. The fraction of sp³-hybridized carbons (Fsp3) is 0.636. The molecule has 7 heteroatoms.